The first kappa shape index (κ1) is 15.4. The van der Waals surface area contributed by atoms with Crippen LogP contribution in [-0.4, -0.2) is 18.2 Å². The molecule has 1 aromatic rings. The van der Waals surface area contributed by atoms with Crippen LogP contribution in [0.15, 0.2) is 29.2 Å². The van der Waals surface area contributed by atoms with Gasteiger partial charge in [-0.3, -0.25) is 4.79 Å². The molecule has 2 nitrogen and oxygen atoms in total. The molecule has 0 aromatic heterocycles. The van der Waals surface area contributed by atoms with Crippen molar-refractivity contribution >= 4 is 17.7 Å². The largest absolute Gasteiger partial charge is 0.356 e. The number of hydrogen-bond donors (Lipinski definition) is 1. The van der Waals surface area contributed by atoms with Crippen molar-refractivity contribution in [2.24, 2.45) is 5.92 Å². The Labute approximate surface area is 124 Å². The van der Waals surface area contributed by atoms with Crippen LogP contribution in [0.1, 0.15) is 38.5 Å². The van der Waals surface area contributed by atoms with Crippen molar-refractivity contribution in [2.45, 2.75) is 43.4 Å². The number of benzene rings is 1. The molecule has 1 amide bonds. The second-order valence-corrected chi connectivity index (χ2v) is 6.45. The standard InChI is InChI=1S/C16H22FNOS/c17-14-7-3-4-8-15(14)20-12-10-16(19)18-11-9-13-5-1-2-6-13/h3-4,7-8,13H,1-2,5-6,9-12H2,(H,18,19). The number of thioether (sulfide) groups is 1. The molecule has 0 aliphatic heterocycles. The number of hydrogen-bond acceptors (Lipinski definition) is 2. The van der Waals surface area contributed by atoms with Crippen LogP contribution < -0.4 is 5.32 Å². The van der Waals surface area contributed by atoms with Crippen molar-refractivity contribution in [3.05, 3.63) is 30.1 Å². The minimum atomic E-state index is -0.209. The molecule has 2 rings (SSSR count). The Balaban J connectivity index is 1.57. The Bertz CT molecular complexity index is 432. The molecular weight excluding hydrogens is 273 g/mol. The fourth-order valence-corrected chi connectivity index (χ4v) is 3.51. The summed E-state index contributed by atoms with van der Waals surface area (Å²) in [6.45, 7) is 0.786. The van der Waals surface area contributed by atoms with Crippen LogP contribution in [0.25, 0.3) is 0 Å². The van der Waals surface area contributed by atoms with Crippen molar-refractivity contribution in [3.8, 4) is 0 Å². The second-order valence-electron chi connectivity index (χ2n) is 5.32. The van der Waals surface area contributed by atoms with E-state index >= 15 is 0 Å². The minimum absolute atomic E-state index is 0.0758. The van der Waals surface area contributed by atoms with Crippen molar-refractivity contribution in [1.29, 1.82) is 0 Å². The van der Waals surface area contributed by atoms with Gasteiger partial charge in [-0.1, -0.05) is 37.8 Å². The zero-order valence-corrected chi connectivity index (χ0v) is 12.6. The SMILES string of the molecule is O=C(CCSc1ccccc1F)NCCC1CCCC1. The van der Waals surface area contributed by atoms with E-state index in [0.717, 1.165) is 18.9 Å². The quantitative estimate of drug-likeness (QED) is 0.770. The fourth-order valence-electron chi connectivity index (χ4n) is 2.62. The third kappa shape index (κ3) is 5.16. The van der Waals surface area contributed by atoms with Crippen molar-refractivity contribution in [3.63, 3.8) is 0 Å². The van der Waals surface area contributed by atoms with Gasteiger partial charge in [0.25, 0.3) is 0 Å². The Hall–Kier alpha value is -1.03. The predicted octanol–water partition coefficient (Wildman–Crippen LogP) is 4.00. The average molecular weight is 295 g/mol. The summed E-state index contributed by atoms with van der Waals surface area (Å²) < 4.78 is 13.4. The lowest BCUT2D eigenvalue weighted by Crippen LogP contribution is -2.25. The van der Waals surface area contributed by atoms with Gasteiger partial charge in [-0.2, -0.15) is 0 Å². The van der Waals surface area contributed by atoms with Gasteiger partial charge in [-0.05, 0) is 24.5 Å². The lowest BCUT2D eigenvalue weighted by molar-refractivity contribution is -0.120. The second kappa shape index (κ2) is 8.30. The number of carbonyl (C=O) groups is 1. The van der Waals surface area contributed by atoms with Crippen LogP contribution >= 0.6 is 11.8 Å². The zero-order valence-electron chi connectivity index (χ0n) is 11.7. The lowest BCUT2D eigenvalue weighted by Gasteiger charge is -2.09. The molecule has 1 fully saturated rings. The van der Waals surface area contributed by atoms with Gasteiger partial charge in [-0.15, -0.1) is 11.8 Å². The Morgan fingerprint density at radius 2 is 2.05 bits per heavy atom. The van der Waals surface area contributed by atoms with Gasteiger partial charge >= 0.3 is 0 Å². The Morgan fingerprint density at radius 3 is 2.80 bits per heavy atom. The molecule has 0 heterocycles. The summed E-state index contributed by atoms with van der Waals surface area (Å²) in [5.74, 6) is 1.30. The first-order chi connectivity index (χ1) is 9.75. The molecular formula is C16H22FNOS. The van der Waals surface area contributed by atoms with Crippen LogP contribution in [0.3, 0.4) is 0 Å². The molecule has 1 aromatic carbocycles. The molecule has 20 heavy (non-hydrogen) atoms. The Kier molecular flexibility index (Phi) is 6.37. The van der Waals surface area contributed by atoms with Gasteiger partial charge in [0.05, 0.1) is 0 Å². The van der Waals surface area contributed by atoms with E-state index in [1.807, 2.05) is 6.07 Å². The normalized spacial score (nSPS) is 15.4. The van der Waals surface area contributed by atoms with E-state index in [2.05, 4.69) is 5.32 Å². The first-order valence-corrected chi connectivity index (χ1v) is 8.38. The molecule has 0 saturated heterocycles. The van der Waals surface area contributed by atoms with Crippen molar-refractivity contribution in [2.75, 3.05) is 12.3 Å². The fraction of sp³-hybridized carbons (Fsp3) is 0.562. The predicted molar refractivity (Wildman–Crippen MR) is 81.3 cm³/mol. The monoisotopic (exact) mass is 295 g/mol. The van der Waals surface area contributed by atoms with Crippen molar-refractivity contribution in [1.82, 2.24) is 5.32 Å². The first-order valence-electron chi connectivity index (χ1n) is 7.40. The number of halogens is 1. The van der Waals surface area contributed by atoms with Crippen LogP contribution in [0.4, 0.5) is 4.39 Å². The van der Waals surface area contributed by atoms with Gasteiger partial charge in [0, 0.05) is 23.6 Å². The highest BCUT2D eigenvalue weighted by atomic mass is 32.2. The highest BCUT2D eigenvalue weighted by molar-refractivity contribution is 7.99. The molecule has 0 atom stereocenters. The summed E-state index contributed by atoms with van der Waals surface area (Å²) in [6, 6.07) is 6.68. The van der Waals surface area contributed by atoms with Gasteiger partial charge in [0.1, 0.15) is 5.82 Å². The zero-order chi connectivity index (χ0) is 14.2. The molecule has 0 spiro atoms. The molecule has 0 unspecified atom stereocenters. The van der Waals surface area contributed by atoms with E-state index in [4.69, 9.17) is 0 Å². The lowest BCUT2D eigenvalue weighted by atomic mass is 10.0. The van der Waals surface area contributed by atoms with Crippen LogP contribution in [0.5, 0.6) is 0 Å². The number of amides is 1. The smallest absolute Gasteiger partial charge is 0.220 e. The molecule has 1 aliphatic rings. The van der Waals surface area contributed by atoms with E-state index in [9.17, 15) is 9.18 Å². The summed E-state index contributed by atoms with van der Waals surface area (Å²) >= 11 is 1.40. The Morgan fingerprint density at radius 1 is 1.30 bits per heavy atom. The van der Waals surface area contributed by atoms with Crippen LogP contribution in [0.2, 0.25) is 0 Å². The summed E-state index contributed by atoms with van der Waals surface area (Å²) in [6.07, 6.45) is 6.88. The number of carbonyl (C=O) groups excluding carboxylic acids is 1. The molecule has 1 N–H and O–H groups in total. The molecule has 1 aliphatic carbocycles. The van der Waals surface area contributed by atoms with E-state index in [1.54, 1.807) is 12.1 Å². The number of nitrogens with one attached hydrogen (secondary N) is 1. The van der Waals surface area contributed by atoms with Crippen LogP contribution in [-0.2, 0) is 4.79 Å². The van der Waals surface area contributed by atoms with Gasteiger partial charge < -0.3 is 5.32 Å². The number of rotatable bonds is 7. The third-order valence-electron chi connectivity index (χ3n) is 3.77. The molecule has 0 radical (unpaired) electrons. The van der Waals surface area contributed by atoms with E-state index in [-0.39, 0.29) is 11.7 Å². The summed E-state index contributed by atoms with van der Waals surface area (Å²) in [5, 5.41) is 2.96. The minimum Gasteiger partial charge on any atom is -0.356 e. The van der Waals surface area contributed by atoms with Crippen molar-refractivity contribution < 1.29 is 9.18 Å². The van der Waals surface area contributed by atoms with E-state index < -0.39 is 0 Å². The highest BCUT2D eigenvalue weighted by Gasteiger charge is 2.14. The maximum absolute atomic E-state index is 13.4. The molecule has 1 saturated carbocycles. The third-order valence-corrected chi connectivity index (χ3v) is 4.82. The summed E-state index contributed by atoms with van der Waals surface area (Å²) in [5.41, 5.74) is 0. The van der Waals surface area contributed by atoms with E-state index in [0.29, 0.717) is 17.1 Å². The molecule has 4 heteroatoms. The molecule has 0 bridgehead atoms. The highest BCUT2D eigenvalue weighted by Crippen LogP contribution is 2.27. The van der Waals surface area contributed by atoms with Gasteiger partial charge in [0.15, 0.2) is 0 Å². The van der Waals surface area contributed by atoms with Gasteiger partial charge in [-0.25, -0.2) is 4.39 Å². The summed E-state index contributed by atoms with van der Waals surface area (Å²) in [7, 11) is 0. The summed E-state index contributed by atoms with van der Waals surface area (Å²) in [4.78, 5) is 12.3. The van der Waals surface area contributed by atoms with Gasteiger partial charge in [0.2, 0.25) is 5.91 Å². The van der Waals surface area contributed by atoms with E-state index in [1.165, 1.54) is 43.5 Å². The topological polar surface area (TPSA) is 29.1 Å². The van der Waals surface area contributed by atoms with Crippen LogP contribution in [0, 0.1) is 11.7 Å². The maximum atomic E-state index is 13.4. The average Bonchev–Trinajstić information content (AvgIpc) is 2.94. The molecule has 110 valence electrons. The maximum Gasteiger partial charge on any atom is 0.220 e.